The van der Waals surface area contributed by atoms with Crippen LogP contribution in [0.15, 0.2) is 0 Å². The van der Waals surface area contributed by atoms with E-state index in [2.05, 4.69) is 10.6 Å². The van der Waals surface area contributed by atoms with Crippen molar-refractivity contribution in [3.05, 3.63) is 0 Å². The van der Waals surface area contributed by atoms with Crippen LogP contribution >= 0.6 is 0 Å². The van der Waals surface area contributed by atoms with Crippen LogP contribution in [0.2, 0.25) is 0 Å². The molecule has 0 aromatic heterocycles. The van der Waals surface area contributed by atoms with E-state index in [0.717, 1.165) is 12.8 Å². The second kappa shape index (κ2) is 6.72. The van der Waals surface area contributed by atoms with E-state index in [1.165, 1.54) is 0 Å². The summed E-state index contributed by atoms with van der Waals surface area (Å²) in [6.45, 7) is 3.69. The number of nitrogens with zero attached hydrogens (tertiary/aromatic N) is 1. The zero-order valence-electron chi connectivity index (χ0n) is 12.0. The van der Waals surface area contributed by atoms with Gasteiger partial charge in [0.15, 0.2) is 0 Å². The summed E-state index contributed by atoms with van der Waals surface area (Å²) in [5, 5.41) is 5.73. The van der Waals surface area contributed by atoms with Crippen molar-refractivity contribution in [1.82, 2.24) is 15.5 Å². The average Bonchev–Trinajstić information content (AvgIpc) is 2.48. The van der Waals surface area contributed by atoms with Crippen molar-refractivity contribution in [1.29, 1.82) is 0 Å². The van der Waals surface area contributed by atoms with Gasteiger partial charge in [-0.3, -0.25) is 14.4 Å². The molecule has 2 aliphatic rings. The molecule has 2 N–H and O–H groups in total. The number of hydrogen-bond donors (Lipinski definition) is 2. The lowest BCUT2D eigenvalue weighted by molar-refractivity contribution is -0.138. The molecule has 0 aromatic carbocycles. The lowest BCUT2D eigenvalue weighted by atomic mass is 9.96. The Hall–Kier alpha value is -1.59. The Morgan fingerprint density at radius 2 is 2.00 bits per heavy atom. The Bertz CT molecular complexity index is 379. The smallest absolute Gasteiger partial charge is 0.227 e. The van der Waals surface area contributed by atoms with E-state index in [4.69, 9.17) is 0 Å². The number of piperidine rings is 2. The summed E-state index contributed by atoms with van der Waals surface area (Å²) >= 11 is 0. The van der Waals surface area contributed by atoms with Crippen LogP contribution in [-0.4, -0.2) is 48.3 Å². The number of amides is 3. The molecule has 2 saturated heterocycles. The van der Waals surface area contributed by atoms with Gasteiger partial charge >= 0.3 is 0 Å². The Balaban J connectivity index is 1.77. The number of nitrogens with one attached hydrogen (secondary N) is 2. The Morgan fingerprint density at radius 1 is 1.30 bits per heavy atom. The molecule has 0 aliphatic carbocycles. The van der Waals surface area contributed by atoms with Gasteiger partial charge in [-0.2, -0.15) is 0 Å². The zero-order chi connectivity index (χ0) is 14.5. The maximum absolute atomic E-state index is 12.3. The monoisotopic (exact) mass is 281 g/mol. The molecular weight excluding hydrogens is 258 g/mol. The summed E-state index contributed by atoms with van der Waals surface area (Å²) in [6, 6.07) is 0.192. The van der Waals surface area contributed by atoms with E-state index in [0.29, 0.717) is 38.9 Å². The molecule has 2 heterocycles. The predicted octanol–water partition coefficient (Wildman–Crippen LogP) is 0.0298. The third-order valence-electron chi connectivity index (χ3n) is 4.11. The van der Waals surface area contributed by atoms with Gasteiger partial charge in [-0.15, -0.1) is 0 Å². The first kappa shape index (κ1) is 14.8. The molecule has 3 amide bonds. The molecule has 6 nitrogen and oxygen atoms in total. The third kappa shape index (κ3) is 3.71. The lowest BCUT2D eigenvalue weighted by Gasteiger charge is -2.35. The fraction of sp³-hybridized carbons (Fsp3) is 0.786. The maximum atomic E-state index is 12.3. The van der Waals surface area contributed by atoms with E-state index >= 15 is 0 Å². The third-order valence-corrected chi connectivity index (χ3v) is 4.11. The van der Waals surface area contributed by atoms with Crippen molar-refractivity contribution in [2.45, 2.75) is 45.1 Å². The number of likely N-dealkylation sites (tertiary alicyclic amines) is 1. The minimum Gasteiger partial charge on any atom is -0.355 e. The van der Waals surface area contributed by atoms with Gasteiger partial charge in [0.1, 0.15) is 0 Å². The highest BCUT2D eigenvalue weighted by Gasteiger charge is 2.30. The van der Waals surface area contributed by atoms with Crippen molar-refractivity contribution >= 4 is 17.7 Å². The van der Waals surface area contributed by atoms with E-state index < -0.39 is 0 Å². The number of rotatable bonds is 3. The molecule has 2 aliphatic heterocycles. The summed E-state index contributed by atoms with van der Waals surface area (Å²) < 4.78 is 0. The molecule has 2 rings (SSSR count). The standard InChI is InChI=1S/C14H23N3O3/c1-2-12(18)16-11-5-7-17(8-6-11)14(20)10-3-4-13(19)15-9-10/h10-11H,2-9H2,1H3,(H,15,19)(H,16,18). The van der Waals surface area contributed by atoms with Crippen molar-refractivity contribution in [3.63, 3.8) is 0 Å². The fourth-order valence-electron chi connectivity index (χ4n) is 2.78. The molecule has 6 heteroatoms. The Morgan fingerprint density at radius 3 is 2.55 bits per heavy atom. The average molecular weight is 281 g/mol. The fourth-order valence-corrected chi connectivity index (χ4v) is 2.78. The van der Waals surface area contributed by atoms with E-state index in [1.54, 1.807) is 0 Å². The number of carbonyl (C=O) groups excluding carboxylic acids is 3. The first-order valence-electron chi connectivity index (χ1n) is 7.45. The van der Waals surface area contributed by atoms with Gasteiger partial charge in [-0.1, -0.05) is 6.92 Å². The summed E-state index contributed by atoms with van der Waals surface area (Å²) in [5.74, 6) is 0.180. The molecule has 20 heavy (non-hydrogen) atoms. The van der Waals surface area contributed by atoms with Crippen molar-refractivity contribution < 1.29 is 14.4 Å². The molecule has 1 unspecified atom stereocenters. The van der Waals surface area contributed by atoms with Gasteiger partial charge < -0.3 is 15.5 Å². The van der Waals surface area contributed by atoms with Gasteiger partial charge in [-0.05, 0) is 19.3 Å². The summed E-state index contributed by atoms with van der Waals surface area (Å²) in [5.41, 5.74) is 0. The molecular formula is C14H23N3O3. The van der Waals surface area contributed by atoms with Crippen LogP contribution in [0, 0.1) is 5.92 Å². The first-order valence-corrected chi connectivity index (χ1v) is 7.45. The molecule has 112 valence electrons. The molecule has 1 atom stereocenters. The van der Waals surface area contributed by atoms with Gasteiger partial charge in [0.05, 0.1) is 5.92 Å². The quantitative estimate of drug-likeness (QED) is 0.766. The normalized spacial score (nSPS) is 24.1. The Labute approximate surface area is 119 Å². The largest absolute Gasteiger partial charge is 0.355 e. The van der Waals surface area contributed by atoms with Crippen molar-refractivity contribution in [2.75, 3.05) is 19.6 Å². The van der Waals surface area contributed by atoms with Gasteiger partial charge in [-0.25, -0.2) is 0 Å². The van der Waals surface area contributed by atoms with E-state index in [9.17, 15) is 14.4 Å². The van der Waals surface area contributed by atoms with E-state index in [-0.39, 0.29) is 29.7 Å². The van der Waals surface area contributed by atoms with Crippen LogP contribution in [0.3, 0.4) is 0 Å². The van der Waals surface area contributed by atoms with Crippen LogP contribution in [0.5, 0.6) is 0 Å². The van der Waals surface area contributed by atoms with Crippen LogP contribution in [-0.2, 0) is 14.4 Å². The molecule has 0 aromatic rings. The second-order valence-corrected chi connectivity index (χ2v) is 5.56. The topological polar surface area (TPSA) is 78.5 Å². The second-order valence-electron chi connectivity index (χ2n) is 5.56. The first-order chi connectivity index (χ1) is 9.60. The highest BCUT2D eigenvalue weighted by molar-refractivity contribution is 5.83. The molecule has 0 bridgehead atoms. The van der Waals surface area contributed by atoms with Crippen molar-refractivity contribution in [2.24, 2.45) is 5.92 Å². The summed E-state index contributed by atoms with van der Waals surface area (Å²) in [7, 11) is 0. The lowest BCUT2D eigenvalue weighted by Crippen LogP contribution is -2.50. The maximum Gasteiger partial charge on any atom is 0.227 e. The highest BCUT2D eigenvalue weighted by atomic mass is 16.2. The van der Waals surface area contributed by atoms with Crippen LogP contribution in [0.1, 0.15) is 39.0 Å². The predicted molar refractivity (Wildman–Crippen MR) is 73.8 cm³/mol. The van der Waals surface area contributed by atoms with Crippen LogP contribution < -0.4 is 10.6 Å². The molecule has 2 fully saturated rings. The number of hydrogen-bond acceptors (Lipinski definition) is 3. The Kier molecular flexibility index (Phi) is 4.98. The molecule has 0 saturated carbocycles. The molecule has 0 spiro atoms. The van der Waals surface area contributed by atoms with E-state index in [1.807, 2.05) is 11.8 Å². The minimum atomic E-state index is -0.0746. The van der Waals surface area contributed by atoms with Crippen LogP contribution in [0.25, 0.3) is 0 Å². The van der Waals surface area contributed by atoms with Gasteiger partial charge in [0, 0.05) is 38.5 Å². The summed E-state index contributed by atoms with van der Waals surface area (Å²) in [4.78, 5) is 36.7. The highest BCUT2D eigenvalue weighted by Crippen LogP contribution is 2.18. The molecule has 0 radical (unpaired) electrons. The van der Waals surface area contributed by atoms with Gasteiger partial charge in [0.2, 0.25) is 17.7 Å². The minimum absolute atomic E-state index is 0.0371. The van der Waals surface area contributed by atoms with Crippen molar-refractivity contribution in [3.8, 4) is 0 Å². The van der Waals surface area contributed by atoms with Crippen LogP contribution in [0.4, 0.5) is 0 Å². The van der Waals surface area contributed by atoms with Gasteiger partial charge in [0.25, 0.3) is 0 Å². The summed E-state index contributed by atoms with van der Waals surface area (Å²) in [6.07, 6.45) is 3.23. The SMILES string of the molecule is CCC(=O)NC1CCN(C(=O)C2CCC(=O)NC2)CC1. The zero-order valence-corrected chi connectivity index (χ0v) is 12.0. The number of carbonyl (C=O) groups is 3.